The zero-order chi connectivity index (χ0) is 13.0. The average Bonchev–Trinajstić information content (AvgIpc) is 2.38. The summed E-state index contributed by atoms with van der Waals surface area (Å²) in [6, 6.07) is 12.8. The van der Waals surface area contributed by atoms with E-state index in [0.29, 0.717) is 16.3 Å². The summed E-state index contributed by atoms with van der Waals surface area (Å²) in [7, 11) is 0. The van der Waals surface area contributed by atoms with Gasteiger partial charge in [0.15, 0.2) is 12.4 Å². The molecule has 0 aliphatic heterocycles. The lowest BCUT2D eigenvalue weighted by Crippen LogP contribution is -2.11. The second-order valence-electron chi connectivity index (χ2n) is 3.71. The Morgan fingerprint density at radius 2 is 1.67 bits per heavy atom. The Morgan fingerprint density at radius 3 is 2.28 bits per heavy atom. The van der Waals surface area contributed by atoms with Gasteiger partial charge in [-0.25, -0.2) is 0 Å². The van der Waals surface area contributed by atoms with E-state index in [1.54, 1.807) is 36.4 Å². The molecule has 18 heavy (non-hydrogen) atoms. The molecule has 2 aromatic carbocycles. The Balaban J connectivity index is 1.96. The summed E-state index contributed by atoms with van der Waals surface area (Å²) in [6.07, 6.45) is 0. The molecule has 0 fully saturated rings. The van der Waals surface area contributed by atoms with Crippen LogP contribution in [0.1, 0.15) is 10.4 Å². The maximum absolute atomic E-state index is 11.8. The number of phenols is 1. The number of phenolic OH excluding ortho intramolecular Hbond substituents is 1. The van der Waals surface area contributed by atoms with Crippen molar-refractivity contribution in [2.75, 3.05) is 6.61 Å². The molecule has 4 heteroatoms. The number of ketones is 1. The van der Waals surface area contributed by atoms with Crippen LogP contribution in [-0.2, 0) is 0 Å². The van der Waals surface area contributed by atoms with Crippen molar-refractivity contribution in [3.8, 4) is 11.5 Å². The molecule has 0 unspecified atom stereocenters. The molecule has 0 bridgehead atoms. The van der Waals surface area contributed by atoms with Crippen LogP contribution in [0.2, 0.25) is 5.02 Å². The predicted molar refractivity (Wildman–Crippen MR) is 69.4 cm³/mol. The molecule has 0 aliphatic rings. The molecule has 0 saturated heterocycles. The van der Waals surface area contributed by atoms with E-state index in [0.717, 1.165) is 0 Å². The summed E-state index contributed by atoms with van der Waals surface area (Å²) in [4.78, 5) is 11.8. The normalized spacial score (nSPS) is 10.1. The number of aromatic hydroxyl groups is 1. The first kappa shape index (κ1) is 12.5. The number of carbonyl (C=O) groups excluding carboxylic acids is 1. The highest BCUT2D eigenvalue weighted by Crippen LogP contribution is 2.16. The molecule has 0 saturated carbocycles. The third kappa shape index (κ3) is 3.25. The van der Waals surface area contributed by atoms with Crippen molar-refractivity contribution < 1.29 is 14.6 Å². The number of hydrogen-bond donors (Lipinski definition) is 1. The Kier molecular flexibility index (Phi) is 3.85. The van der Waals surface area contributed by atoms with Crippen molar-refractivity contribution in [2.24, 2.45) is 0 Å². The van der Waals surface area contributed by atoms with Crippen molar-refractivity contribution >= 4 is 17.4 Å². The third-order valence-electron chi connectivity index (χ3n) is 2.37. The van der Waals surface area contributed by atoms with Crippen LogP contribution in [0.15, 0.2) is 48.5 Å². The lowest BCUT2D eigenvalue weighted by Gasteiger charge is -2.05. The summed E-state index contributed by atoms with van der Waals surface area (Å²) >= 11 is 5.74. The molecular weight excluding hydrogens is 252 g/mol. The number of carbonyl (C=O) groups is 1. The Hall–Kier alpha value is -2.00. The topological polar surface area (TPSA) is 46.5 Å². The van der Waals surface area contributed by atoms with Crippen LogP contribution in [0.25, 0.3) is 0 Å². The molecule has 3 nitrogen and oxygen atoms in total. The molecule has 92 valence electrons. The minimum absolute atomic E-state index is 0.0492. The molecule has 1 N–H and O–H groups in total. The summed E-state index contributed by atoms with van der Waals surface area (Å²) < 4.78 is 5.34. The molecular formula is C14H11ClO3. The average molecular weight is 263 g/mol. The summed E-state index contributed by atoms with van der Waals surface area (Å²) in [5.74, 6) is 0.571. The minimum atomic E-state index is -0.148. The van der Waals surface area contributed by atoms with Crippen LogP contribution in [0, 0.1) is 0 Å². The second-order valence-corrected chi connectivity index (χ2v) is 4.15. The Bertz CT molecular complexity index is 532. The zero-order valence-corrected chi connectivity index (χ0v) is 10.2. The van der Waals surface area contributed by atoms with Crippen LogP contribution in [0.5, 0.6) is 11.5 Å². The number of hydrogen-bond acceptors (Lipinski definition) is 3. The van der Waals surface area contributed by atoms with Crippen molar-refractivity contribution in [3.63, 3.8) is 0 Å². The van der Waals surface area contributed by atoms with Gasteiger partial charge in [-0.15, -0.1) is 0 Å². The first-order valence-corrected chi connectivity index (χ1v) is 5.73. The van der Waals surface area contributed by atoms with Gasteiger partial charge in [0.05, 0.1) is 0 Å². The standard InChI is InChI=1S/C14H11ClO3/c15-11-3-7-13(8-4-11)18-9-14(17)10-1-5-12(16)6-2-10/h1-8,16H,9H2. The van der Waals surface area contributed by atoms with E-state index < -0.39 is 0 Å². The van der Waals surface area contributed by atoms with E-state index in [1.165, 1.54) is 12.1 Å². The van der Waals surface area contributed by atoms with Crippen molar-refractivity contribution in [1.82, 2.24) is 0 Å². The Labute approximate surface area is 110 Å². The number of ether oxygens (including phenoxy) is 1. The first-order valence-electron chi connectivity index (χ1n) is 5.36. The summed E-state index contributed by atoms with van der Waals surface area (Å²) in [6.45, 7) is -0.0492. The maximum atomic E-state index is 11.8. The molecule has 0 aromatic heterocycles. The molecule has 0 aliphatic carbocycles. The van der Waals surface area contributed by atoms with Gasteiger partial charge in [-0.05, 0) is 48.5 Å². The quantitative estimate of drug-likeness (QED) is 0.860. The van der Waals surface area contributed by atoms with E-state index in [2.05, 4.69) is 0 Å². The molecule has 0 atom stereocenters. The molecule has 0 heterocycles. The van der Waals surface area contributed by atoms with Gasteiger partial charge < -0.3 is 9.84 Å². The predicted octanol–water partition coefficient (Wildman–Crippen LogP) is 3.31. The first-order chi connectivity index (χ1) is 8.65. The van der Waals surface area contributed by atoms with Crippen molar-refractivity contribution in [2.45, 2.75) is 0 Å². The number of halogens is 1. The smallest absolute Gasteiger partial charge is 0.200 e. The molecule has 0 amide bonds. The van der Waals surface area contributed by atoms with Crippen LogP contribution < -0.4 is 4.74 Å². The van der Waals surface area contributed by atoms with Crippen molar-refractivity contribution in [1.29, 1.82) is 0 Å². The molecule has 2 rings (SSSR count). The van der Waals surface area contributed by atoms with E-state index in [1.807, 2.05) is 0 Å². The van der Waals surface area contributed by atoms with E-state index in [9.17, 15) is 4.79 Å². The van der Waals surface area contributed by atoms with Crippen LogP contribution in [-0.4, -0.2) is 17.5 Å². The molecule has 0 radical (unpaired) electrons. The van der Waals surface area contributed by atoms with Gasteiger partial charge in [-0.1, -0.05) is 11.6 Å². The maximum Gasteiger partial charge on any atom is 0.200 e. The van der Waals surface area contributed by atoms with Crippen LogP contribution in [0.3, 0.4) is 0 Å². The van der Waals surface area contributed by atoms with Gasteiger partial charge in [0.2, 0.25) is 0 Å². The SMILES string of the molecule is O=C(COc1ccc(Cl)cc1)c1ccc(O)cc1. The second kappa shape index (κ2) is 5.56. The van der Waals surface area contributed by atoms with Gasteiger partial charge in [0.1, 0.15) is 11.5 Å². The van der Waals surface area contributed by atoms with Gasteiger partial charge >= 0.3 is 0 Å². The van der Waals surface area contributed by atoms with E-state index in [4.69, 9.17) is 21.4 Å². The monoisotopic (exact) mass is 262 g/mol. The van der Waals surface area contributed by atoms with E-state index in [-0.39, 0.29) is 18.1 Å². The molecule has 2 aromatic rings. The van der Waals surface area contributed by atoms with Crippen LogP contribution in [0.4, 0.5) is 0 Å². The van der Waals surface area contributed by atoms with Crippen LogP contribution >= 0.6 is 11.6 Å². The van der Waals surface area contributed by atoms with Crippen molar-refractivity contribution in [3.05, 3.63) is 59.1 Å². The number of Topliss-reactive ketones (excluding diaryl/α,β-unsaturated/α-hetero) is 1. The van der Waals surface area contributed by atoms with E-state index >= 15 is 0 Å². The zero-order valence-electron chi connectivity index (χ0n) is 9.47. The minimum Gasteiger partial charge on any atom is -0.508 e. The highest BCUT2D eigenvalue weighted by molar-refractivity contribution is 6.30. The van der Waals surface area contributed by atoms with Gasteiger partial charge in [0, 0.05) is 10.6 Å². The highest BCUT2D eigenvalue weighted by Gasteiger charge is 2.06. The number of benzene rings is 2. The summed E-state index contributed by atoms with van der Waals surface area (Å²) in [5, 5.41) is 9.74. The lowest BCUT2D eigenvalue weighted by atomic mass is 10.1. The third-order valence-corrected chi connectivity index (χ3v) is 2.62. The van der Waals surface area contributed by atoms with Gasteiger partial charge in [-0.2, -0.15) is 0 Å². The fourth-order valence-corrected chi connectivity index (χ4v) is 1.54. The number of rotatable bonds is 4. The largest absolute Gasteiger partial charge is 0.508 e. The fourth-order valence-electron chi connectivity index (χ4n) is 1.41. The van der Waals surface area contributed by atoms with Gasteiger partial charge in [-0.3, -0.25) is 4.79 Å². The fraction of sp³-hybridized carbons (Fsp3) is 0.0714. The molecule has 0 spiro atoms. The summed E-state index contributed by atoms with van der Waals surface area (Å²) in [5.41, 5.74) is 0.502. The Morgan fingerprint density at radius 1 is 1.06 bits per heavy atom. The van der Waals surface area contributed by atoms with Gasteiger partial charge in [0.25, 0.3) is 0 Å². The lowest BCUT2D eigenvalue weighted by molar-refractivity contribution is 0.0921. The highest BCUT2D eigenvalue weighted by atomic mass is 35.5.